The second kappa shape index (κ2) is 9.23. The van der Waals surface area contributed by atoms with Gasteiger partial charge in [0.05, 0.1) is 10.6 Å². The van der Waals surface area contributed by atoms with Crippen LogP contribution in [0.2, 0.25) is 0 Å². The maximum atomic E-state index is 12.8. The van der Waals surface area contributed by atoms with Gasteiger partial charge in [-0.1, -0.05) is 37.3 Å². The summed E-state index contributed by atoms with van der Waals surface area (Å²) in [6, 6.07) is 16.5. The van der Waals surface area contributed by atoms with E-state index in [1.807, 2.05) is 43.3 Å². The Kier molecular flexibility index (Phi) is 6.49. The molecule has 1 heterocycles. The molecule has 0 bridgehead atoms. The molecule has 1 fully saturated rings. The molecule has 1 amide bonds. The number of amidine groups is 1. The van der Waals surface area contributed by atoms with Gasteiger partial charge in [0.25, 0.3) is 5.91 Å². The predicted molar refractivity (Wildman–Crippen MR) is 111 cm³/mol. The van der Waals surface area contributed by atoms with Crippen LogP contribution in [-0.4, -0.2) is 40.2 Å². The molecule has 3 rings (SSSR count). The Morgan fingerprint density at radius 2 is 1.89 bits per heavy atom. The average molecular weight is 396 g/mol. The fourth-order valence-electron chi connectivity index (χ4n) is 2.58. The summed E-state index contributed by atoms with van der Waals surface area (Å²) in [6.45, 7) is 2.24. The van der Waals surface area contributed by atoms with Gasteiger partial charge in [0.1, 0.15) is 5.75 Å². The van der Waals surface area contributed by atoms with E-state index in [0.717, 1.165) is 17.7 Å². The van der Waals surface area contributed by atoms with Crippen molar-refractivity contribution < 1.29 is 19.4 Å². The molecule has 2 aromatic carbocycles. The first-order chi connectivity index (χ1) is 13.6. The first kappa shape index (κ1) is 19.7. The molecule has 144 valence electrons. The Balaban J connectivity index is 1.80. The Labute approximate surface area is 167 Å². The third-order valence-corrected chi connectivity index (χ3v) is 4.86. The number of carbonyl (C=O) groups excluding carboxylic acids is 1. The number of nitrogens with zero attached hydrogens (tertiary/aromatic N) is 2. The minimum atomic E-state index is -1.03. The second-order valence-electron chi connectivity index (χ2n) is 6.05. The zero-order chi connectivity index (χ0) is 19.9. The van der Waals surface area contributed by atoms with E-state index in [4.69, 9.17) is 9.84 Å². The van der Waals surface area contributed by atoms with Gasteiger partial charge in [-0.05, 0) is 54.1 Å². The maximum Gasteiger partial charge on any atom is 0.341 e. The first-order valence-electron chi connectivity index (χ1n) is 8.86. The number of hydrogen-bond donors (Lipinski definition) is 1. The molecule has 1 saturated heterocycles. The molecule has 0 unspecified atom stereocenters. The number of carbonyl (C=O) groups is 2. The van der Waals surface area contributed by atoms with Gasteiger partial charge in [0, 0.05) is 6.54 Å². The highest BCUT2D eigenvalue weighted by molar-refractivity contribution is 8.18. The molecule has 0 radical (unpaired) electrons. The molecule has 7 heteroatoms. The van der Waals surface area contributed by atoms with Crippen LogP contribution >= 0.6 is 11.8 Å². The highest BCUT2D eigenvalue weighted by Crippen LogP contribution is 2.34. The van der Waals surface area contributed by atoms with Gasteiger partial charge in [-0.2, -0.15) is 0 Å². The van der Waals surface area contributed by atoms with Crippen LogP contribution in [0.1, 0.15) is 18.9 Å². The number of thioether (sulfide) groups is 1. The van der Waals surface area contributed by atoms with Gasteiger partial charge in [-0.15, -0.1) is 0 Å². The molecular formula is C21H20N2O4S. The number of carboxylic acids is 1. The number of ether oxygens (including phenoxy) is 1. The number of aliphatic imine (C=N–C) groups is 1. The number of benzene rings is 2. The number of hydrogen-bond acceptors (Lipinski definition) is 5. The van der Waals surface area contributed by atoms with Crippen LogP contribution in [0.3, 0.4) is 0 Å². The molecule has 1 aliphatic rings. The van der Waals surface area contributed by atoms with Crippen molar-refractivity contribution in [1.82, 2.24) is 4.90 Å². The fourth-order valence-corrected chi connectivity index (χ4v) is 3.61. The van der Waals surface area contributed by atoms with Crippen molar-refractivity contribution in [2.24, 2.45) is 4.99 Å². The van der Waals surface area contributed by atoms with Gasteiger partial charge >= 0.3 is 5.97 Å². The van der Waals surface area contributed by atoms with Crippen LogP contribution in [0.5, 0.6) is 5.75 Å². The van der Waals surface area contributed by atoms with Gasteiger partial charge < -0.3 is 9.84 Å². The van der Waals surface area contributed by atoms with Crippen LogP contribution in [0.15, 0.2) is 64.5 Å². The Morgan fingerprint density at radius 1 is 1.18 bits per heavy atom. The summed E-state index contributed by atoms with van der Waals surface area (Å²) in [6.07, 6.45) is 2.65. The molecule has 0 spiro atoms. The summed E-state index contributed by atoms with van der Waals surface area (Å²) in [5.74, 6) is -0.623. The van der Waals surface area contributed by atoms with E-state index < -0.39 is 5.97 Å². The molecule has 6 nitrogen and oxygen atoms in total. The van der Waals surface area contributed by atoms with Crippen molar-refractivity contribution in [3.8, 4) is 5.75 Å². The van der Waals surface area contributed by atoms with Crippen molar-refractivity contribution in [2.45, 2.75) is 13.3 Å². The lowest BCUT2D eigenvalue weighted by Gasteiger charge is -2.13. The van der Waals surface area contributed by atoms with E-state index in [1.165, 1.54) is 11.8 Å². The standard InChI is InChI=1S/C21H20N2O4S/c1-2-12-23-20(26)18(28-21(23)22-16-6-4-3-5-7-16)13-15-8-10-17(11-9-15)27-14-19(24)25/h3-11,13H,2,12,14H2,1H3,(H,24,25)/b18-13+,22-21?. The molecule has 1 N–H and O–H groups in total. The lowest BCUT2D eigenvalue weighted by atomic mass is 10.2. The number of carboxylic acid groups (broad SMARTS) is 1. The van der Waals surface area contributed by atoms with Crippen LogP contribution < -0.4 is 4.74 Å². The van der Waals surface area contributed by atoms with Gasteiger partial charge in [0.15, 0.2) is 11.8 Å². The molecule has 1 aliphatic heterocycles. The summed E-state index contributed by atoms with van der Waals surface area (Å²) < 4.78 is 5.13. The monoisotopic (exact) mass is 396 g/mol. The van der Waals surface area contributed by atoms with E-state index in [2.05, 4.69) is 4.99 Å². The number of aliphatic carboxylic acids is 1. The largest absolute Gasteiger partial charge is 0.482 e. The maximum absolute atomic E-state index is 12.8. The van der Waals surface area contributed by atoms with Crippen LogP contribution in [0.25, 0.3) is 6.08 Å². The van der Waals surface area contributed by atoms with Crippen molar-refractivity contribution in [3.63, 3.8) is 0 Å². The van der Waals surface area contributed by atoms with E-state index in [-0.39, 0.29) is 12.5 Å². The Bertz CT molecular complexity index is 908. The van der Waals surface area contributed by atoms with Crippen molar-refractivity contribution in [2.75, 3.05) is 13.2 Å². The lowest BCUT2D eigenvalue weighted by molar-refractivity contribution is -0.139. The smallest absolute Gasteiger partial charge is 0.341 e. The summed E-state index contributed by atoms with van der Waals surface area (Å²) >= 11 is 1.35. The second-order valence-corrected chi connectivity index (χ2v) is 7.06. The molecule has 0 aliphatic carbocycles. The topological polar surface area (TPSA) is 79.2 Å². The summed E-state index contributed by atoms with van der Waals surface area (Å²) in [5.41, 5.74) is 1.64. The summed E-state index contributed by atoms with van der Waals surface area (Å²) in [4.78, 5) is 30.3. The van der Waals surface area contributed by atoms with Gasteiger partial charge in [0.2, 0.25) is 0 Å². The molecule has 0 atom stereocenters. The SMILES string of the molecule is CCCN1C(=O)/C(=C\c2ccc(OCC(=O)O)cc2)SC1=Nc1ccccc1. The highest BCUT2D eigenvalue weighted by Gasteiger charge is 2.32. The predicted octanol–water partition coefficient (Wildman–Crippen LogP) is 4.16. The summed E-state index contributed by atoms with van der Waals surface area (Å²) in [5, 5.41) is 9.33. The Morgan fingerprint density at radius 3 is 2.54 bits per heavy atom. The van der Waals surface area contributed by atoms with Crippen molar-refractivity contribution in [3.05, 3.63) is 65.1 Å². The van der Waals surface area contributed by atoms with Gasteiger partial charge in [-0.3, -0.25) is 9.69 Å². The molecule has 0 aromatic heterocycles. The number of amides is 1. The zero-order valence-corrected chi connectivity index (χ0v) is 16.2. The van der Waals surface area contributed by atoms with E-state index in [0.29, 0.717) is 22.4 Å². The quantitative estimate of drug-likeness (QED) is 0.711. The minimum Gasteiger partial charge on any atom is -0.482 e. The van der Waals surface area contributed by atoms with Crippen molar-refractivity contribution in [1.29, 1.82) is 0 Å². The van der Waals surface area contributed by atoms with Crippen molar-refractivity contribution >= 4 is 40.6 Å². The third kappa shape index (κ3) is 5.01. The lowest BCUT2D eigenvalue weighted by Crippen LogP contribution is -2.29. The highest BCUT2D eigenvalue weighted by atomic mass is 32.2. The molecular weight excluding hydrogens is 376 g/mol. The third-order valence-electron chi connectivity index (χ3n) is 3.86. The molecule has 0 saturated carbocycles. The fraction of sp³-hybridized carbons (Fsp3) is 0.190. The first-order valence-corrected chi connectivity index (χ1v) is 9.68. The summed E-state index contributed by atoms with van der Waals surface area (Å²) in [7, 11) is 0. The average Bonchev–Trinajstić information content (AvgIpc) is 2.97. The van der Waals surface area contributed by atoms with Crippen LogP contribution in [-0.2, 0) is 9.59 Å². The molecule has 28 heavy (non-hydrogen) atoms. The van der Waals surface area contributed by atoms with E-state index in [1.54, 1.807) is 29.2 Å². The minimum absolute atomic E-state index is 0.0623. The van der Waals surface area contributed by atoms with Crippen LogP contribution in [0.4, 0.5) is 5.69 Å². The number of para-hydroxylation sites is 1. The number of rotatable bonds is 7. The van der Waals surface area contributed by atoms with Crippen LogP contribution in [0, 0.1) is 0 Å². The van der Waals surface area contributed by atoms with E-state index >= 15 is 0 Å². The van der Waals surface area contributed by atoms with E-state index in [9.17, 15) is 9.59 Å². The zero-order valence-electron chi connectivity index (χ0n) is 15.4. The Hall–Kier alpha value is -3.06. The normalized spacial score (nSPS) is 16.8. The molecule has 2 aromatic rings. The van der Waals surface area contributed by atoms with Gasteiger partial charge in [-0.25, -0.2) is 9.79 Å².